The Balaban J connectivity index is 2.17. The van der Waals surface area contributed by atoms with Crippen LogP contribution < -0.4 is 10.6 Å². The van der Waals surface area contributed by atoms with E-state index in [1.807, 2.05) is 25.1 Å². The number of pyridine rings is 1. The van der Waals surface area contributed by atoms with Crippen LogP contribution in [-0.2, 0) is 0 Å². The van der Waals surface area contributed by atoms with Crippen molar-refractivity contribution >= 4 is 38.2 Å². The van der Waals surface area contributed by atoms with Crippen LogP contribution in [0, 0.1) is 0 Å². The van der Waals surface area contributed by atoms with Gasteiger partial charge in [-0.3, -0.25) is 4.98 Å². The zero-order chi connectivity index (χ0) is 13.6. The van der Waals surface area contributed by atoms with Gasteiger partial charge in [-0.05, 0) is 31.5 Å². The fraction of sp³-hybridized carbons (Fsp3) is 0.357. The zero-order valence-corrected chi connectivity index (χ0v) is 12.3. The van der Waals surface area contributed by atoms with E-state index in [0.717, 1.165) is 34.0 Å². The van der Waals surface area contributed by atoms with Crippen molar-refractivity contribution in [2.75, 3.05) is 23.7 Å². The van der Waals surface area contributed by atoms with Gasteiger partial charge in [0.1, 0.15) is 0 Å². The lowest BCUT2D eigenvalue weighted by molar-refractivity contribution is 0.0839. The van der Waals surface area contributed by atoms with Crippen LogP contribution in [0.1, 0.15) is 13.3 Å². The minimum absolute atomic E-state index is 0.600. The number of aromatic nitrogens is 1. The number of hydrogen-bond acceptors (Lipinski definition) is 4. The Morgan fingerprint density at radius 2 is 2.26 bits per heavy atom. The van der Waals surface area contributed by atoms with Gasteiger partial charge in [0.15, 0.2) is 0 Å². The number of aliphatic hydroxyl groups is 1. The Labute approximate surface area is 120 Å². The normalized spacial score (nSPS) is 23.2. The molecule has 0 radical (unpaired) electrons. The third kappa shape index (κ3) is 2.28. The molecule has 4 nitrogen and oxygen atoms in total. The fourth-order valence-electron chi connectivity index (χ4n) is 2.66. The first-order valence-electron chi connectivity index (χ1n) is 6.27. The van der Waals surface area contributed by atoms with Crippen LogP contribution in [0.2, 0.25) is 0 Å². The van der Waals surface area contributed by atoms with Crippen LogP contribution >= 0.6 is 15.9 Å². The van der Waals surface area contributed by atoms with Crippen molar-refractivity contribution in [1.82, 2.24) is 4.98 Å². The van der Waals surface area contributed by atoms with Gasteiger partial charge in [-0.25, -0.2) is 0 Å². The standard InChI is InChI=1S/C14H16BrN3O/c1-14(19)4-5-18(8-14)13-10-6-9(15)2-3-12(10)17-7-11(13)16/h2-3,6-7,19H,4-5,8,16H2,1H3. The Kier molecular flexibility index (Phi) is 2.91. The number of β-amino-alcohol motifs (C(OH)–C–C–N with tert-alkyl or cyclic N) is 1. The lowest BCUT2D eigenvalue weighted by Crippen LogP contribution is -2.30. The minimum Gasteiger partial charge on any atom is -0.396 e. The average molecular weight is 322 g/mol. The van der Waals surface area contributed by atoms with E-state index in [1.54, 1.807) is 6.20 Å². The molecule has 19 heavy (non-hydrogen) atoms. The molecule has 1 aromatic carbocycles. The summed E-state index contributed by atoms with van der Waals surface area (Å²) in [6, 6.07) is 5.97. The summed E-state index contributed by atoms with van der Waals surface area (Å²) in [6.07, 6.45) is 2.45. The van der Waals surface area contributed by atoms with E-state index >= 15 is 0 Å². The SMILES string of the molecule is CC1(O)CCN(c2c(N)cnc3ccc(Br)cc23)C1. The number of anilines is 2. The van der Waals surface area contributed by atoms with Crippen LogP contribution in [0.3, 0.4) is 0 Å². The summed E-state index contributed by atoms with van der Waals surface area (Å²) in [7, 11) is 0. The molecule has 0 spiro atoms. The zero-order valence-electron chi connectivity index (χ0n) is 10.7. The first kappa shape index (κ1) is 12.7. The number of rotatable bonds is 1. The molecule has 1 atom stereocenters. The van der Waals surface area contributed by atoms with Crippen molar-refractivity contribution in [3.8, 4) is 0 Å². The summed E-state index contributed by atoms with van der Waals surface area (Å²) in [4.78, 5) is 6.50. The van der Waals surface area contributed by atoms with Crippen LogP contribution in [0.25, 0.3) is 10.9 Å². The predicted octanol–water partition coefficient (Wildman–Crippen LogP) is 2.54. The van der Waals surface area contributed by atoms with Gasteiger partial charge >= 0.3 is 0 Å². The maximum Gasteiger partial charge on any atom is 0.0810 e. The average Bonchev–Trinajstić information content (AvgIpc) is 2.69. The molecule has 0 saturated carbocycles. The van der Waals surface area contributed by atoms with Crippen LogP contribution in [0.15, 0.2) is 28.9 Å². The molecule has 0 amide bonds. The van der Waals surface area contributed by atoms with E-state index in [1.165, 1.54) is 0 Å². The number of fused-ring (bicyclic) bond motifs is 1. The van der Waals surface area contributed by atoms with E-state index in [0.29, 0.717) is 12.2 Å². The maximum atomic E-state index is 10.1. The monoisotopic (exact) mass is 321 g/mol. The van der Waals surface area contributed by atoms with Gasteiger partial charge in [-0.15, -0.1) is 0 Å². The smallest absolute Gasteiger partial charge is 0.0810 e. The van der Waals surface area contributed by atoms with Gasteiger partial charge in [-0.1, -0.05) is 15.9 Å². The molecule has 2 aromatic rings. The fourth-order valence-corrected chi connectivity index (χ4v) is 3.02. The highest BCUT2D eigenvalue weighted by Gasteiger charge is 2.33. The highest BCUT2D eigenvalue weighted by Crippen LogP contribution is 2.36. The van der Waals surface area contributed by atoms with E-state index < -0.39 is 5.60 Å². The third-order valence-corrected chi connectivity index (χ3v) is 4.09. The van der Waals surface area contributed by atoms with Crippen LogP contribution in [-0.4, -0.2) is 28.8 Å². The van der Waals surface area contributed by atoms with Gasteiger partial charge in [0, 0.05) is 22.9 Å². The van der Waals surface area contributed by atoms with Crippen molar-refractivity contribution in [3.63, 3.8) is 0 Å². The molecule has 5 heteroatoms. The third-order valence-electron chi connectivity index (χ3n) is 3.60. The highest BCUT2D eigenvalue weighted by atomic mass is 79.9. The van der Waals surface area contributed by atoms with E-state index in [9.17, 15) is 5.11 Å². The summed E-state index contributed by atoms with van der Waals surface area (Å²) in [5.41, 5.74) is 8.01. The summed E-state index contributed by atoms with van der Waals surface area (Å²) in [5.74, 6) is 0. The highest BCUT2D eigenvalue weighted by molar-refractivity contribution is 9.10. The first-order valence-corrected chi connectivity index (χ1v) is 7.07. The maximum absolute atomic E-state index is 10.1. The topological polar surface area (TPSA) is 62.4 Å². The second kappa shape index (κ2) is 4.35. The number of hydrogen-bond donors (Lipinski definition) is 2. The van der Waals surface area contributed by atoms with Crippen LogP contribution in [0.5, 0.6) is 0 Å². The molecule has 3 N–H and O–H groups in total. The number of halogens is 1. The molecule has 1 unspecified atom stereocenters. The van der Waals surface area contributed by atoms with Crippen molar-refractivity contribution < 1.29 is 5.11 Å². The molecular formula is C14H16BrN3O. The Bertz CT molecular complexity index is 637. The van der Waals surface area contributed by atoms with Gasteiger partial charge in [0.05, 0.1) is 28.7 Å². The van der Waals surface area contributed by atoms with Crippen molar-refractivity contribution in [2.24, 2.45) is 0 Å². The number of nitrogens with two attached hydrogens (primary N) is 1. The van der Waals surface area contributed by atoms with Gasteiger partial charge < -0.3 is 15.7 Å². The summed E-state index contributed by atoms with van der Waals surface area (Å²) >= 11 is 3.49. The summed E-state index contributed by atoms with van der Waals surface area (Å²) in [6.45, 7) is 3.27. The molecule has 1 aliphatic rings. The molecular weight excluding hydrogens is 306 g/mol. The van der Waals surface area contributed by atoms with E-state index in [4.69, 9.17) is 5.73 Å². The second-order valence-corrected chi connectivity index (χ2v) is 6.31. The molecule has 1 fully saturated rings. The van der Waals surface area contributed by atoms with Crippen molar-refractivity contribution in [3.05, 3.63) is 28.9 Å². The molecule has 1 saturated heterocycles. The first-order chi connectivity index (χ1) is 8.96. The van der Waals surface area contributed by atoms with Crippen molar-refractivity contribution in [2.45, 2.75) is 18.9 Å². The van der Waals surface area contributed by atoms with Crippen LogP contribution in [0.4, 0.5) is 11.4 Å². The summed E-state index contributed by atoms with van der Waals surface area (Å²) in [5, 5.41) is 11.2. The molecule has 3 rings (SSSR count). The van der Waals surface area contributed by atoms with Crippen molar-refractivity contribution in [1.29, 1.82) is 0 Å². The second-order valence-electron chi connectivity index (χ2n) is 5.39. The Morgan fingerprint density at radius 1 is 1.47 bits per heavy atom. The van der Waals surface area contributed by atoms with E-state index in [-0.39, 0.29) is 0 Å². The largest absolute Gasteiger partial charge is 0.396 e. The van der Waals surface area contributed by atoms with Gasteiger partial charge in [0.2, 0.25) is 0 Å². The summed E-state index contributed by atoms with van der Waals surface area (Å²) < 4.78 is 1.000. The lowest BCUT2D eigenvalue weighted by Gasteiger charge is -2.23. The number of nitrogens with zero attached hydrogens (tertiary/aromatic N) is 2. The molecule has 1 aliphatic heterocycles. The molecule has 2 heterocycles. The number of benzene rings is 1. The van der Waals surface area contributed by atoms with Gasteiger partial charge in [-0.2, -0.15) is 0 Å². The van der Waals surface area contributed by atoms with E-state index in [2.05, 4.69) is 25.8 Å². The van der Waals surface area contributed by atoms with Gasteiger partial charge in [0.25, 0.3) is 0 Å². The Morgan fingerprint density at radius 3 is 2.95 bits per heavy atom. The molecule has 0 bridgehead atoms. The molecule has 0 aliphatic carbocycles. The predicted molar refractivity (Wildman–Crippen MR) is 81.3 cm³/mol. The minimum atomic E-state index is -0.645. The quantitative estimate of drug-likeness (QED) is 0.847. The lowest BCUT2D eigenvalue weighted by atomic mass is 10.1. The number of nitrogen functional groups attached to an aromatic ring is 1. The molecule has 1 aromatic heterocycles. The Hall–Kier alpha value is -1.33. The molecule has 100 valence electrons.